The van der Waals surface area contributed by atoms with E-state index < -0.39 is 0 Å². The first-order chi connectivity index (χ1) is 8.72. The Balaban J connectivity index is 1.76. The van der Waals surface area contributed by atoms with Crippen LogP contribution in [0.3, 0.4) is 0 Å². The second kappa shape index (κ2) is 6.18. The topological polar surface area (TPSA) is 63.0 Å². The minimum absolute atomic E-state index is 0.398. The molecule has 1 aromatic rings. The van der Waals surface area contributed by atoms with Gasteiger partial charge in [-0.15, -0.1) is 5.10 Å². The predicted octanol–water partition coefficient (Wildman–Crippen LogP) is 2.56. The minimum Gasteiger partial charge on any atom is -0.407 e. The van der Waals surface area contributed by atoms with Gasteiger partial charge in [0, 0.05) is 6.54 Å². The van der Waals surface area contributed by atoms with E-state index in [0.29, 0.717) is 23.9 Å². The Morgan fingerprint density at radius 3 is 2.78 bits per heavy atom. The van der Waals surface area contributed by atoms with Gasteiger partial charge in [-0.2, -0.15) is 0 Å². The van der Waals surface area contributed by atoms with Crippen molar-refractivity contribution in [1.82, 2.24) is 15.5 Å². The van der Waals surface area contributed by atoms with Crippen molar-refractivity contribution in [3.8, 4) is 0 Å². The van der Waals surface area contributed by atoms with E-state index in [0.717, 1.165) is 19.5 Å². The summed E-state index contributed by atoms with van der Waals surface area (Å²) in [6.45, 7) is 7.02. The molecule has 18 heavy (non-hydrogen) atoms. The van der Waals surface area contributed by atoms with Gasteiger partial charge in [0.1, 0.15) is 0 Å². The molecule has 5 nitrogen and oxygen atoms in total. The maximum atomic E-state index is 5.54. The third-order valence-electron chi connectivity index (χ3n) is 3.65. The van der Waals surface area contributed by atoms with Crippen LogP contribution in [-0.4, -0.2) is 23.3 Å². The van der Waals surface area contributed by atoms with Crippen molar-refractivity contribution < 1.29 is 4.42 Å². The van der Waals surface area contributed by atoms with Crippen LogP contribution in [0.5, 0.6) is 0 Å². The molecule has 0 saturated heterocycles. The van der Waals surface area contributed by atoms with E-state index >= 15 is 0 Å². The molecule has 0 aromatic carbocycles. The van der Waals surface area contributed by atoms with Crippen LogP contribution in [0.2, 0.25) is 0 Å². The van der Waals surface area contributed by atoms with Gasteiger partial charge in [-0.05, 0) is 31.2 Å². The van der Waals surface area contributed by atoms with E-state index in [4.69, 9.17) is 4.42 Å². The van der Waals surface area contributed by atoms with Gasteiger partial charge in [0.2, 0.25) is 5.89 Å². The van der Waals surface area contributed by atoms with E-state index in [9.17, 15) is 0 Å². The molecule has 1 fully saturated rings. The number of rotatable bonds is 7. The molecule has 0 unspecified atom stereocenters. The largest absolute Gasteiger partial charge is 0.407 e. The van der Waals surface area contributed by atoms with Crippen LogP contribution in [0.1, 0.15) is 51.8 Å². The van der Waals surface area contributed by atoms with E-state index in [2.05, 4.69) is 34.7 Å². The quantitative estimate of drug-likeness (QED) is 0.730. The first kappa shape index (κ1) is 13.3. The summed E-state index contributed by atoms with van der Waals surface area (Å²) in [7, 11) is 0. The van der Waals surface area contributed by atoms with E-state index in [1.807, 2.05) is 0 Å². The molecule has 0 atom stereocenters. The lowest BCUT2D eigenvalue weighted by Crippen LogP contribution is -2.23. The van der Waals surface area contributed by atoms with Crippen molar-refractivity contribution in [2.24, 2.45) is 5.41 Å². The van der Waals surface area contributed by atoms with Crippen molar-refractivity contribution in [1.29, 1.82) is 0 Å². The summed E-state index contributed by atoms with van der Waals surface area (Å²) in [4.78, 5) is 0. The fourth-order valence-corrected chi connectivity index (χ4v) is 2.46. The maximum Gasteiger partial charge on any atom is 0.315 e. The van der Waals surface area contributed by atoms with Crippen molar-refractivity contribution in [3.05, 3.63) is 5.89 Å². The second-order valence-corrected chi connectivity index (χ2v) is 5.55. The van der Waals surface area contributed by atoms with Crippen LogP contribution in [-0.2, 0) is 6.54 Å². The number of aromatic nitrogens is 2. The molecular formula is C13H24N4O. The number of hydrogen-bond donors (Lipinski definition) is 2. The molecule has 102 valence electrons. The normalized spacial score (nSPS) is 18.1. The lowest BCUT2D eigenvalue weighted by molar-refractivity contribution is 0.356. The van der Waals surface area contributed by atoms with Gasteiger partial charge in [0.05, 0.1) is 6.54 Å². The molecule has 2 N–H and O–H groups in total. The summed E-state index contributed by atoms with van der Waals surface area (Å²) in [6, 6.07) is 0.552. The maximum absolute atomic E-state index is 5.54. The summed E-state index contributed by atoms with van der Waals surface area (Å²) in [5.41, 5.74) is 0.398. The monoisotopic (exact) mass is 252 g/mol. The molecule has 1 aliphatic carbocycles. The molecule has 0 aliphatic heterocycles. The summed E-state index contributed by atoms with van der Waals surface area (Å²) < 4.78 is 5.54. The smallest absolute Gasteiger partial charge is 0.315 e. The summed E-state index contributed by atoms with van der Waals surface area (Å²) in [5, 5.41) is 14.5. The zero-order chi connectivity index (χ0) is 12.8. The zero-order valence-electron chi connectivity index (χ0n) is 11.5. The SMILES string of the molecule is CCCNCc1nnc(NCC2(C)CCCC2)o1. The Bertz CT molecular complexity index is 358. The summed E-state index contributed by atoms with van der Waals surface area (Å²) in [6.07, 6.45) is 6.37. The molecule has 0 bridgehead atoms. The Labute approximate surface area is 109 Å². The lowest BCUT2D eigenvalue weighted by Gasteiger charge is -2.22. The van der Waals surface area contributed by atoms with Crippen LogP contribution in [0.4, 0.5) is 6.01 Å². The molecule has 1 saturated carbocycles. The van der Waals surface area contributed by atoms with E-state index in [1.165, 1.54) is 25.7 Å². The number of nitrogens with one attached hydrogen (secondary N) is 2. The van der Waals surface area contributed by atoms with Gasteiger partial charge in [0.15, 0.2) is 0 Å². The molecule has 0 spiro atoms. The van der Waals surface area contributed by atoms with Gasteiger partial charge in [-0.25, -0.2) is 0 Å². The molecule has 2 rings (SSSR count). The van der Waals surface area contributed by atoms with E-state index in [-0.39, 0.29) is 0 Å². The minimum atomic E-state index is 0.398. The molecule has 0 radical (unpaired) electrons. The van der Waals surface area contributed by atoms with Crippen LogP contribution >= 0.6 is 0 Å². The van der Waals surface area contributed by atoms with Crippen LogP contribution in [0.25, 0.3) is 0 Å². The van der Waals surface area contributed by atoms with Gasteiger partial charge < -0.3 is 15.1 Å². The standard InChI is InChI=1S/C13H24N4O/c1-3-8-14-9-11-16-17-12(18-11)15-10-13(2)6-4-5-7-13/h14H,3-10H2,1-2H3,(H,15,17). The highest BCUT2D eigenvalue weighted by Gasteiger charge is 2.28. The third-order valence-corrected chi connectivity index (χ3v) is 3.65. The molecular weight excluding hydrogens is 228 g/mol. The van der Waals surface area contributed by atoms with Gasteiger partial charge in [-0.1, -0.05) is 31.8 Å². The summed E-state index contributed by atoms with van der Waals surface area (Å²) >= 11 is 0. The highest BCUT2D eigenvalue weighted by molar-refractivity contribution is 5.18. The predicted molar refractivity (Wildman–Crippen MR) is 71.4 cm³/mol. The fourth-order valence-electron chi connectivity index (χ4n) is 2.46. The van der Waals surface area contributed by atoms with Crippen molar-refractivity contribution >= 4 is 6.01 Å². The van der Waals surface area contributed by atoms with Crippen molar-refractivity contribution in [2.75, 3.05) is 18.4 Å². The third kappa shape index (κ3) is 3.70. The molecule has 0 amide bonds. The molecule has 1 aliphatic rings. The Hall–Kier alpha value is -1.10. The van der Waals surface area contributed by atoms with Gasteiger partial charge in [0.25, 0.3) is 0 Å². The highest BCUT2D eigenvalue weighted by atomic mass is 16.4. The van der Waals surface area contributed by atoms with Crippen molar-refractivity contribution in [3.63, 3.8) is 0 Å². The first-order valence-electron chi connectivity index (χ1n) is 6.99. The Morgan fingerprint density at radius 1 is 1.28 bits per heavy atom. The average Bonchev–Trinajstić information content (AvgIpc) is 2.97. The number of hydrogen-bond acceptors (Lipinski definition) is 5. The highest BCUT2D eigenvalue weighted by Crippen LogP contribution is 2.37. The van der Waals surface area contributed by atoms with Gasteiger partial charge in [-0.3, -0.25) is 0 Å². The van der Waals surface area contributed by atoms with Crippen LogP contribution < -0.4 is 10.6 Å². The number of nitrogens with zero attached hydrogens (tertiary/aromatic N) is 2. The first-order valence-corrected chi connectivity index (χ1v) is 6.99. The average molecular weight is 252 g/mol. The molecule has 1 aromatic heterocycles. The zero-order valence-corrected chi connectivity index (χ0v) is 11.5. The second-order valence-electron chi connectivity index (χ2n) is 5.55. The van der Waals surface area contributed by atoms with E-state index in [1.54, 1.807) is 0 Å². The lowest BCUT2D eigenvalue weighted by atomic mass is 9.89. The van der Waals surface area contributed by atoms with Gasteiger partial charge >= 0.3 is 6.01 Å². The van der Waals surface area contributed by atoms with Crippen LogP contribution in [0, 0.1) is 5.41 Å². The Morgan fingerprint density at radius 2 is 2.06 bits per heavy atom. The van der Waals surface area contributed by atoms with Crippen molar-refractivity contribution in [2.45, 2.75) is 52.5 Å². The molecule has 1 heterocycles. The van der Waals surface area contributed by atoms with Crippen LogP contribution in [0.15, 0.2) is 4.42 Å². The molecule has 5 heteroatoms. The Kier molecular flexibility index (Phi) is 4.58. The fraction of sp³-hybridized carbons (Fsp3) is 0.846. The summed E-state index contributed by atoms with van der Waals surface area (Å²) in [5.74, 6) is 0.655. The number of anilines is 1.